The maximum atomic E-state index is 6.14. The lowest BCUT2D eigenvalue weighted by Crippen LogP contribution is -2.47. The maximum Gasteiger partial charge on any atom is 0.191 e. The van der Waals surface area contributed by atoms with Gasteiger partial charge >= 0.3 is 0 Å². The molecule has 2 aliphatic heterocycles. The Hall–Kier alpha value is -1.10. The molecule has 2 unspecified atom stereocenters. The molecule has 3 rings (SSSR count). The second kappa shape index (κ2) is 15.0. The summed E-state index contributed by atoms with van der Waals surface area (Å²) in [6.45, 7) is 16.1. The second-order valence-corrected chi connectivity index (χ2v) is 9.34. The quantitative estimate of drug-likeness (QED) is 0.255. The normalized spacial score (nSPS) is 20.8. The molecule has 0 amide bonds. The topological polar surface area (TPSA) is 61.4 Å². The molecule has 2 saturated heterocycles. The molecule has 0 radical (unpaired) electrons. The van der Waals surface area contributed by atoms with Gasteiger partial charge in [-0.05, 0) is 51.3 Å². The average molecular weight is 574 g/mol. The number of hydrogen-bond acceptors (Lipinski definition) is 5. The van der Waals surface area contributed by atoms with Crippen molar-refractivity contribution in [1.82, 2.24) is 20.4 Å². The molecule has 8 heteroatoms. The molecule has 1 aromatic rings. The summed E-state index contributed by atoms with van der Waals surface area (Å²) < 4.78 is 11.9. The molecule has 188 valence electrons. The minimum atomic E-state index is 0. The van der Waals surface area contributed by atoms with Gasteiger partial charge in [-0.1, -0.05) is 19.1 Å². The van der Waals surface area contributed by atoms with Gasteiger partial charge in [0.25, 0.3) is 0 Å². The molecule has 0 spiro atoms. The van der Waals surface area contributed by atoms with E-state index >= 15 is 0 Å². The summed E-state index contributed by atoms with van der Waals surface area (Å²) in [5.41, 5.74) is 2.30. The number of benzene rings is 1. The number of aryl methyl sites for hydroxylation is 1. The average Bonchev–Trinajstić information content (AvgIpc) is 3.30. The number of aliphatic imine (C=N–C) groups is 1. The first-order valence-corrected chi connectivity index (χ1v) is 12.3. The highest BCUT2D eigenvalue weighted by Gasteiger charge is 2.18. The zero-order chi connectivity index (χ0) is 22.8. The van der Waals surface area contributed by atoms with E-state index in [4.69, 9.17) is 14.5 Å². The first-order chi connectivity index (χ1) is 15.5. The van der Waals surface area contributed by atoms with Gasteiger partial charge in [0.15, 0.2) is 5.96 Å². The van der Waals surface area contributed by atoms with Gasteiger partial charge in [-0.3, -0.25) is 0 Å². The molecular weight excluding hydrogens is 529 g/mol. The summed E-state index contributed by atoms with van der Waals surface area (Å²) >= 11 is 0. The van der Waals surface area contributed by atoms with Crippen LogP contribution in [-0.2, 0) is 11.3 Å². The Balaban J connectivity index is 0.00000385. The van der Waals surface area contributed by atoms with Crippen LogP contribution in [0.1, 0.15) is 37.8 Å². The van der Waals surface area contributed by atoms with E-state index in [9.17, 15) is 0 Å². The predicted molar refractivity (Wildman–Crippen MR) is 147 cm³/mol. The lowest BCUT2D eigenvalue weighted by molar-refractivity contribution is 0.0676. The van der Waals surface area contributed by atoms with Crippen LogP contribution in [0.3, 0.4) is 0 Å². The summed E-state index contributed by atoms with van der Waals surface area (Å²) in [6, 6.07) is 6.36. The van der Waals surface area contributed by atoms with Crippen LogP contribution in [0, 0.1) is 12.8 Å². The predicted octanol–water partition coefficient (Wildman–Crippen LogP) is 3.11. The van der Waals surface area contributed by atoms with Crippen LogP contribution in [0.5, 0.6) is 5.75 Å². The van der Waals surface area contributed by atoms with E-state index < -0.39 is 0 Å². The minimum Gasteiger partial charge on any atom is -0.491 e. The van der Waals surface area contributed by atoms with Crippen LogP contribution < -0.4 is 15.4 Å². The van der Waals surface area contributed by atoms with Gasteiger partial charge in [-0.2, -0.15) is 0 Å². The number of hydrogen-bond donors (Lipinski definition) is 2. The maximum absolute atomic E-state index is 6.14. The van der Waals surface area contributed by atoms with Crippen LogP contribution >= 0.6 is 24.0 Å². The van der Waals surface area contributed by atoms with Gasteiger partial charge < -0.3 is 29.9 Å². The highest BCUT2D eigenvalue weighted by atomic mass is 127. The molecule has 2 fully saturated rings. The third-order valence-corrected chi connectivity index (χ3v) is 6.21. The van der Waals surface area contributed by atoms with Crippen molar-refractivity contribution in [2.45, 2.75) is 46.3 Å². The largest absolute Gasteiger partial charge is 0.491 e. The Labute approximate surface area is 217 Å². The van der Waals surface area contributed by atoms with E-state index in [2.05, 4.69) is 66.5 Å². The Kier molecular flexibility index (Phi) is 12.8. The summed E-state index contributed by atoms with van der Waals surface area (Å²) in [7, 11) is 2.20. The zero-order valence-electron chi connectivity index (χ0n) is 20.9. The number of rotatable bonds is 10. The molecule has 0 bridgehead atoms. The van der Waals surface area contributed by atoms with Gasteiger partial charge in [0.1, 0.15) is 12.4 Å². The summed E-state index contributed by atoms with van der Waals surface area (Å²) in [4.78, 5) is 9.82. The lowest BCUT2D eigenvalue weighted by Gasteiger charge is -2.34. The van der Waals surface area contributed by atoms with E-state index in [1.165, 1.54) is 5.56 Å². The van der Waals surface area contributed by atoms with Crippen molar-refractivity contribution in [1.29, 1.82) is 0 Å². The fraction of sp³-hybridized carbons (Fsp3) is 0.720. The number of nitrogens with one attached hydrogen (secondary N) is 2. The van der Waals surface area contributed by atoms with Crippen LogP contribution in [0.25, 0.3) is 0 Å². The van der Waals surface area contributed by atoms with Gasteiger partial charge in [-0.15, -0.1) is 24.0 Å². The van der Waals surface area contributed by atoms with E-state index in [1.807, 2.05) is 0 Å². The minimum absolute atomic E-state index is 0. The molecule has 2 heterocycles. The molecule has 2 atom stereocenters. The van der Waals surface area contributed by atoms with Crippen molar-refractivity contribution in [3.8, 4) is 5.75 Å². The van der Waals surface area contributed by atoms with Gasteiger partial charge in [-0.25, -0.2) is 4.99 Å². The van der Waals surface area contributed by atoms with E-state index in [0.29, 0.717) is 19.1 Å². The molecule has 0 aliphatic carbocycles. The summed E-state index contributed by atoms with van der Waals surface area (Å²) in [5, 5.41) is 6.92. The smallest absolute Gasteiger partial charge is 0.191 e. The molecule has 7 nitrogen and oxygen atoms in total. The third-order valence-electron chi connectivity index (χ3n) is 6.21. The zero-order valence-corrected chi connectivity index (χ0v) is 23.3. The number of guanidine groups is 1. The molecule has 2 N–H and O–H groups in total. The van der Waals surface area contributed by atoms with Crippen LogP contribution in [-0.4, -0.2) is 87.9 Å². The van der Waals surface area contributed by atoms with Crippen LogP contribution in [0.15, 0.2) is 23.2 Å². The van der Waals surface area contributed by atoms with Gasteiger partial charge in [0.05, 0.1) is 12.6 Å². The third kappa shape index (κ3) is 9.96. The number of piperazine rings is 1. The Morgan fingerprint density at radius 3 is 2.73 bits per heavy atom. The van der Waals surface area contributed by atoms with Crippen molar-refractivity contribution in [2.24, 2.45) is 10.9 Å². The molecule has 0 saturated carbocycles. The molecular formula is C25H44IN5O2. The first-order valence-electron chi connectivity index (χ1n) is 12.3. The highest BCUT2D eigenvalue weighted by Crippen LogP contribution is 2.23. The SMILES string of the molecule is CCNC(=NCc1ccc(C)cc1OCC1CCCO1)NCC(C)CN1CCN(C)CC1.I. The van der Waals surface area contributed by atoms with E-state index in [1.54, 1.807) is 0 Å². The highest BCUT2D eigenvalue weighted by molar-refractivity contribution is 14.0. The number of nitrogens with zero attached hydrogens (tertiary/aromatic N) is 3. The molecule has 1 aromatic carbocycles. The fourth-order valence-corrected chi connectivity index (χ4v) is 4.20. The van der Waals surface area contributed by atoms with Gasteiger partial charge in [0.2, 0.25) is 0 Å². The van der Waals surface area contributed by atoms with Crippen LogP contribution in [0.2, 0.25) is 0 Å². The molecule has 2 aliphatic rings. The van der Waals surface area contributed by atoms with Crippen molar-refractivity contribution >= 4 is 29.9 Å². The number of ether oxygens (including phenoxy) is 2. The Morgan fingerprint density at radius 1 is 1.24 bits per heavy atom. The summed E-state index contributed by atoms with van der Waals surface area (Å²) in [6.07, 6.45) is 2.43. The second-order valence-electron chi connectivity index (χ2n) is 9.34. The van der Waals surface area contributed by atoms with E-state index in [0.717, 1.165) is 82.5 Å². The van der Waals surface area contributed by atoms with Crippen molar-refractivity contribution in [3.05, 3.63) is 29.3 Å². The summed E-state index contributed by atoms with van der Waals surface area (Å²) in [5.74, 6) is 2.35. The van der Waals surface area contributed by atoms with Crippen molar-refractivity contribution in [3.63, 3.8) is 0 Å². The monoisotopic (exact) mass is 573 g/mol. The van der Waals surface area contributed by atoms with E-state index in [-0.39, 0.29) is 30.1 Å². The number of halogens is 1. The van der Waals surface area contributed by atoms with Gasteiger partial charge in [0, 0.05) is 58.0 Å². The van der Waals surface area contributed by atoms with Crippen molar-refractivity contribution in [2.75, 3.05) is 66.1 Å². The molecule has 0 aromatic heterocycles. The van der Waals surface area contributed by atoms with Crippen LogP contribution in [0.4, 0.5) is 0 Å². The first kappa shape index (κ1) is 28.1. The Bertz CT molecular complexity index is 719. The number of likely N-dealkylation sites (N-methyl/N-ethyl adjacent to an activating group) is 1. The Morgan fingerprint density at radius 2 is 2.03 bits per heavy atom. The standard InChI is InChI=1S/C25H43N5O2.HI/c1-5-26-25(27-16-21(3)18-30-12-10-29(4)11-13-30)28-17-22-9-8-20(2)15-24(22)32-19-23-7-6-14-31-23;/h8-9,15,21,23H,5-7,10-14,16-19H2,1-4H3,(H2,26,27,28);1H. The molecule has 33 heavy (non-hydrogen) atoms. The van der Waals surface area contributed by atoms with Crippen molar-refractivity contribution < 1.29 is 9.47 Å². The fourth-order valence-electron chi connectivity index (χ4n) is 4.20. The lowest BCUT2D eigenvalue weighted by atomic mass is 10.1.